The molecular weight excluding hydrogens is 206 g/mol. The van der Waals surface area contributed by atoms with Crippen molar-refractivity contribution in [3.05, 3.63) is 10.5 Å². The van der Waals surface area contributed by atoms with E-state index in [4.69, 9.17) is 11.6 Å². The lowest BCUT2D eigenvalue weighted by atomic mass is 10.2. The van der Waals surface area contributed by atoms with Gasteiger partial charge in [-0.05, 0) is 12.8 Å². The first-order chi connectivity index (χ1) is 6.34. The quantitative estimate of drug-likeness (QED) is 0.826. The van der Waals surface area contributed by atoms with E-state index in [9.17, 15) is 0 Å². The van der Waals surface area contributed by atoms with Crippen LogP contribution in [-0.4, -0.2) is 23.1 Å². The first-order valence-corrected chi connectivity index (χ1v) is 5.67. The van der Waals surface area contributed by atoms with Crippen LogP contribution in [0.1, 0.15) is 19.3 Å². The second-order valence-corrected chi connectivity index (χ2v) is 4.79. The Balaban J connectivity index is 1.89. The van der Waals surface area contributed by atoms with Crippen molar-refractivity contribution in [1.82, 2.24) is 9.99 Å². The predicted molar refractivity (Wildman–Crippen MR) is 56.2 cm³/mol. The van der Waals surface area contributed by atoms with Crippen molar-refractivity contribution in [3.8, 4) is 0 Å². The van der Waals surface area contributed by atoms with Crippen molar-refractivity contribution in [3.63, 3.8) is 0 Å². The Morgan fingerprint density at radius 2 is 2.15 bits per heavy atom. The molecule has 0 unspecified atom stereocenters. The fourth-order valence-corrected chi connectivity index (χ4v) is 2.29. The van der Waals surface area contributed by atoms with Crippen LogP contribution in [0.15, 0.2) is 6.20 Å². The third-order valence-corrected chi connectivity index (χ3v) is 3.11. The van der Waals surface area contributed by atoms with Gasteiger partial charge >= 0.3 is 0 Å². The minimum atomic E-state index is 0.736. The summed E-state index contributed by atoms with van der Waals surface area (Å²) in [6.45, 7) is 2.22. The van der Waals surface area contributed by atoms with Gasteiger partial charge < -0.3 is 0 Å². The van der Waals surface area contributed by atoms with Gasteiger partial charge in [-0.2, -0.15) is 0 Å². The predicted octanol–water partition coefficient (Wildman–Crippen LogP) is 2.61. The van der Waals surface area contributed by atoms with Crippen molar-refractivity contribution >= 4 is 28.1 Å². The van der Waals surface area contributed by atoms with Crippen molar-refractivity contribution in [2.45, 2.75) is 19.3 Å². The molecule has 0 aromatic carbocycles. The van der Waals surface area contributed by atoms with Crippen molar-refractivity contribution < 1.29 is 0 Å². The van der Waals surface area contributed by atoms with E-state index in [1.54, 1.807) is 6.20 Å². The van der Waals surface area contributed by atoms with Crippen LogP contribution < -0.4 is 5.43 Å². The Morgan fingerprint density at radius 3 is 2.77 bits per heavy atom. The molecule has 3 nitrogen and oxygen atoms in total. The molecule has 72 valence electrons. The van der Waals surface area contributed by atoms with E-state index in [1.807, 2.05) is 0 Å². The van der Waals surface area contributed by atoms with Gasteiger partial charge in [0.15, 0.2) is 5.13 Å². The lowest BCUT2D eigenvalue weighted by Gasteiger charge is -2.26. The van der Waals surface area contributed by atoms with Gasteiger partial charge in [-0.25, -0.2) is 9.99 Å². The van der Waals surface area contributed by atoms with E-state index >= 15 is 0 Å². The number of hydrazine groups is 1. The van der Waals surface area contributed by atoms with Gasteiger partial charge in [-0.15, -0.1) is 0 Å². The molecule has 1 aromatic rings. The standard InChI is InChI=1S/C8H12ClN3S/c9-7-6-10-8(13-7)11-12-4-2-1-3-5-12/h6H,1-5H2,(H,10,11). The number of anilines is 1. The maximum Gasteiger partial charge on any atom is 0.198 e. The summed E-state index contributed by atoms with van der Waals surface area (Å²) < 4.78 is 0.736. The molecule has 0 radical (unpaired) electrons. The number of piperidine rings is 1. The molecular formula is C8H12ClN3S. The summed E-state index contributed by atoms with van der Waals surface area (Å²) in [6.07, 6.45) is 5.56. The minimum Gasteiger partial charge on any atom is -0.294 e. The Labute approximate surface area is 86.7 Å². The summed E-state index contributed by atoms with van der Waals surface area (Å²) in [7, 11) is 0. The highest BCUT2D eigenvalue weighted by atomic mass is 35.5. The van der Waals surface area contributed by atoms with E-state index in [0.29, 0.717) is 0 Å². The molecule has 0 saturated carbocycles. The van der Waals surface area contributed by atoms with Crippen LogP contribution in [0.3, 0.4) is 0 Å². The molecule has 1 N–H and O–H groups in total. The van der Waals surface area contributed by atoms with Gasteiger partial charge in [0, 0.05) is 13.1 Å². The molecule has 1 aliphatic heterocycles. The maximum atomic E-state index is 5.78. The van der Waals surface area contributed by atoms with Crippen molar-refractivity contribution in [1.29, 1.82) is 0 Å². The number of aromatic nitrogens is 1. The fourth-order valence-electron chi connectivity index (χ4n) is 1.45. The van der Waals surface area contributed by atoms with E-state index < -0.39 is 0 Å². The number of nitrogens with one attached hydrogen (secondary N) is 1. The second kappa shape index (κ2) is 4.26. The highest BCUT2D eigenvalue weighted by Gasteiger charge is 2.10. The topological polar surface area (TPSA) is 28.2 Å². The van der Waals surface area contributed by atoms with Gasteiger partial charge in [-0.1, -0.05) is 29.4 Å². The monoisotopic (exact) mass is 217 g/mol. The Bertz CT molecular complexity index is 270. The van der Waals surface area contributed by atoms with Gasteiger partial charge in [0.2, 0.25) is 0 Å². The Morgan fingerprint density at radius 1 is 1.38 bits per heavy atom. The fraction of sp³-hybridized carbons (Fsp3) is 0.625. The molecule has 0 aliphatic carbocycles. The summed E-state index contributed by atoms with van der Waals surface area (Å²) in [5.41, 5.74) is 3.26. The van der Waals surface area contributed by atoms with Crippen molar-refractivity contribution in [2.75, 3.05) is 18.5 Å². The first kappa shape index (κ1) is 9.24. The number of thiazole rings is 1. The summed E-state index contributed by atoms with van der Waals surface area (Å²) in [4.78, 5) is 4.14. The lowest BCUT2D eigenvalue weighted by Crippen LogP contribution is -2.34. The molecule has 13 heavy (non-hydrogen) atoms. The van der Waals surface area contributed by atoms with Gasteiger partial charge in [0.05, 0.1) is 6.20 Å². The van der Waals surface area contributed by atoms with Gasteiger partial charge in [0.1, 0.15) is 4.34 Å². The van der Waals surface area contributed by atoms with Gasteiger partial charge in [-0.3, -0.25) is 5.43 Å². The zero-order chi connectivity index (χ0) is 9.10. The molecule has 2 rings (SSSR count). The van der Waals surface area contributed by atoms with Crippen LogP contribution in [0, 0.1) is 0 Å². The largest absolute Gasteiger partial charge is 0.294 e. The maximum absolute atomic E-state index is 5.78. The average Bonchev–Trinajstić information content (AvgIpc) is 2.53. The Kier molecular flexibility index (Phi) is 3.03. The summed E-state index contributed by atoms with van der Waals surface area (Å²) in [5, 5.41) is 3.10. The number of hydrogen-bond acceptors (Lipinski definition) is 4. The number of rotatable bonds is 2. The smallest absolute Gasteiger partial charge is 0.198 e. The van der Waals surface area contributed by atoms with E-state index in [0.717, 1.165) is 22.6 Å². The molecule has 0 amide bonds. The molecule has 0 spiro atoms. The summed E-state index contributed by atoms with van der Waals surface area (Å²) in [6, 6.07) is 0. The number of nitrogens with zero attached hydrogens (tertiary/aromatic N) is 2. The third-order valence-electron chi connectivity index (χ3n) is 2.09. The minimum absolute atomic E-state index is 0.736. The van der Waals surface area contributed by atoms with E-state index in [1.165, 1.54) is 30.6 Å². The van der Waals surface area contributed by atoms with Crippen LogP contribution in [0.2, 0.25) is 4.34 Å². The third kappa shape index (κ3) is 2.56. The molecule has 1 aromatic heterocycles. The molecule has 2 heterocycles. The highest BCUT2D eigenvalue weighted by molar-refractivity contribution is 7.19. The average molecular weight is 218 g/mol. The summed E-state index contributed by atoms with van der Waals surface area (Å²) in [5.74, 6) is 0. The normalized spacial score (nSPS) is 18.8. The zero-order valence-electron chi connectivity index (χ0n) is 7.29. The van der Waals surface area contributed by atoms with Crippen LogP contribution in [-0.2, 0) is 0 Å². The molecule has 0 atom stereocenters. The first-order valence-electron chi connectivity index (χ1n) is 4.47. The van der Waals surface area contributed by atoms with Crippen LogP contribution in [0.25, 0.3) is 0 Å². The van der Waals surface area contributed by atoms with Gasteiger partial charge in [0.25, 0.3) is 0 Å². The van der Waals surface area contributed by atoms with Crippen LogP contribution in [0.4, 0.5) is 5.13 Å². The van der Waals surface area contributed by atoms with Crippen LogP contribution in [0.5, 0.6) is 0 Å². The second-order valence-electron chi connectivity index (χ2n) is 3.13. The van der Waals surface area contributed by atoms with Crippen LogP contribution >= 0.6 is 22.9 Å². The molecule has 0 bridgehead atoms. The Hall–Kier alpha value is -0.320. The van der Waals surface area contributed by atoms with E-state index in [-0.39, 0.29) is 0 Å². The number of halogens is 1. The molecule has 5 heteroatoms. The molecule has 1 saturated heterocycles. The molecule has 1 aliphatic rings. The highest BCUT2D eigenvalue weighted by Crippen LogP contribution is 2.23. The zero-order valence-corrected chi connectivity index (χ0v) is 8.87. The van der Waals surface area contributed by atoms with Crippen molar-refractivity contribution in [2.24, 2.45) is 0 Å². The molecule has 1 fully saturated rings. The summed E-state index contributed by atoms with van der Waals surface area (Å²) >= 11 is 7.26. The lowest BCUT2D eigenvalue weighted by molar-refractivity contribution is 0.273. The van der Waals surface area contributed by atoms with E-state index in [2.05, 4.69) is 15.4 Å². The number of hydrogen-bond donors (Lipinski definition) is 1. The SMILES string of the molecule is Clc1cnc(NN2CCCCC2)s1.